The maximum absolute atomic E-state index is 16.2. The summed E-state index contributed by atoms with van der Waals surface area (Å²) in [5.41, 5.74) is 3.91. The van der Waals surface area contributed by atoms with Crippen LogP contribution in [-0.4, -0.2) is 61.5 Å². The molecule has 0 fully saturated rings. The molecule has 5 heterocycles. The van der Waals surface area contributed by atoms with Gasteiger partial charge in [-0.15, -0.1) is 11.3 Å². The van der Waals surface area contributed by atoms with E-state index in [-0.39, 0.29) is 59.2 Å². The molecule has 2 atom stereocenters. The van der Waals surface area contributed by atoms with Crippen LogP contribution in [-0.2, 0) is 23.1 Å². The van der Waals surface area contributed by atoms with Gasteiger partial charge in [-0.1, -0.05) is 12.6 Å². The van der Waals surface area contributed by atoms with E-state index in [1.807, 2.05) is 50.6 Å². The van der Waals surface area contributed by atoms with Crippen molar-refractivity contribution < 1.29 is 27.4 Å². The van der Waals surface area contributed by atoms with Crippen LogP contribution in [0.1, 0.15) is 31.4 Å². The van der Waals surface area contributed by atoms with Crippen LogP contribution < -0.4 is 4.74 Å². The Bertz CT molecular complexity index is 2290. The van der Waals surface area contributed by atoms with E-state index in [0.717, 1.165) is 40.3 Å². The molecule has 0 N–H and O–H groups in total. The van der Waals surface area contributed by atoms with Crippen molar-refractivity contribution in [3.63, 3.8) is 0 Å². The van der Waals surface area contributed by atoms with Crippen molar-refractivity contribution in [1.82, 2.24) is 29.2 Å². The second-order valence-electron chi connectivity index (χ2n) is 12.1. The molecule has 0 unspecified atom stereocenters. The lowest BCUT2D eigenvalue weighted by atomic mass is 9.94. The fourth-order valence-electron chi connectivity index (χ4n) is 6.72. The zero-order chi connectivity index (χ0) is 34.7. The predicted molar refractivity (Wildman–Crippen MR) is 183 cm³/mol. The van der Waals surface area contributed by atoms with Gasteiger partial charge < -0.3 is 18.9 Å². The van der Waals surface area contributed by atoms with Crippen LogP contribution in [0, 0.1) is 24.4 Å². The number of imidazole rings is 1. The fraction of sp³-hybridized carbons (Fsp3) is 0.278. The van der Waals surface area contributed by atoms with E-state index in [2.05, 4.69) is 11.6 Å². The first kappa shape index (κ1) is 32.5. The summed E-state index contributed by atoms with van der Waals surface area (Å²) >= 11 is 1.13. The number of aryl methyl sites for hydroxylation is 2. The van der Waals surface area contributed by atoms with E-state index in [1.165, 1.54) is 18.6 Å². The molecule has 1 amide bonds. The summed E-state index contributed by atoms with van der Waals surface area (Å²) in [6.07, 6.45) is 1.28. The highest BCUT2D eigenvalue weighted by molar-refractivity contribution is 7.17. The number of ether oxygens (including phenoxy) is 2. The molecule has 49 heavy (non-hydrogen) atoms. The summed E-state index contributed by atoms with van der Waals surface area (Å²) in [7, 11) is 3.41. The molecule has 2 aromatic carbocycles. The molecule has 0 aliphatic carbocycles. The number of hydrogen-bond donors (Lipinski definition) is 0. The second-order valence-corrected chi connectivity index (χ2v) is 13.0. The summed E-state index contributed by atoms with van der Waals surface area (Å²) in [6.45, 7) is 9.91. The minimum Gasteiger partial charge on any atom is -0.490 e. The Morgan fingerprint density at radius 2 is 1.86 bits per heavy atom. The van der Waals surface area contributed by atoms with Crippen LogP contribution in [0.15, 0.2) is 54.4 Å². The first-order valence-corrected chi connectivity index (χ1v) is 16.6. The predicted octanol–water partition coefficient (Wildman–Crippen LogP) is 7.61. The molecular weight excluding hydrogens is 653 g/mol. The maximum atomic E-state index is 16.2. The standard InChI is InChI=1S/C36H33F3N6O3S/c1-7-30(46)45-18(2)16-44-28(19(45)3)15-26(42-44)35-33(31-23(38)13-22(37)14-29(31)48-11-10-47-6)32-24(39)17-49-36(32)34(41-35)21-8-9-27-25(12-21)40-20(4)43(27)5/h7-9,12-15,17-19H,1,10-11,16H2,2-6H3/t18-,19-/m1/s1. The molecule has 6 aromatic rings. The van der Waals surface area contributed by atoms with Crippen LogP contribution in [0.4, 0.5) is 13.2 Å². The van der Waals surface area contributed by atoms with Crippen molar-refractivity contribution in [2.75, 3.05) is 20.3 Å². The smallest absolute Gasteiger partial charge is 0.246 e. The number of carbonyl (C=O) groups is 1. The molecule has 9 nitrogen and oxygen atoms in total. The molecule has 7 rings (SSSR count). The lowest BCUT2D eigenvalue weighted by molar-refractivity contribution is -0.131. The fourth-order valence-corrected chi connectivity index (χ4v) is 7.65. The summed E-state index contributed by atoms with van der Waals surface area (Å²) < 4.78 is 62.2. The van der Waals surface area contributed by atoms with Crippen LogP contribution in [0.5, 0.6) is 5.75 Å². The Morgan fingerprint density at radius 1 is 1.06 bits per heavy atom. The van der Waals surface area contributed by atoms with E-state index in [1.54, 1.807) is 15.6 Å². The molecule has 1 aliphatic rings. The van der Waals surface area contributed by atoms with Crippen molar-refractivity contribution in [1.29, 1.82) is 0 Å². The lowest BCUT2D eigenvalue weighted by Gasteiger charge is -2.38. The van der Waals surface area contributed by atoms with Crippen molar-refractivity contribution >= 4 is 38.4 Å². The number of amides is 1. The normalized spacial score (nSPS) is 16.0. The van der Waals surface area contributed by atoms with Crippen LogP contribution in [0.25, 0.3) is 54.9 Å². The number of pyridine rings is 1. The van der Waals surface area contributed by atoms with Crippen molar-refractivity contribution in [3.8, 4) is 39.5 Å². The molecule has 0 bridgehead atoms. The van der Waals surface area contributed by atoms with Crippen molar-refractivity contribution in [2.45, 2.75) is 39.4 Å². The van der Waals surface area contributed by atoms with Gasteiger partial charge in [-0.05, 0) is 45.0 Å². The average Bonchev–Trinajstić information content (AvgIpc) is 3.75. The molecule has 1 aliphatic heterocycles. The SMILES string of the molecule is C=CC(=O)N1[C@H](C)Cn2nc(-c3nc(-c4ccc5c(c4)nc(C)n5C)c4scc(F)c4c3-c3c(F)cc(F)cc3OCCOC)cc2[C@H]1C. The summed E-state index contributed by atoms with van der Waals surface area (Å²) in [5, 5.41) is 6.34. The van der Waals surface area contributed by atoms with Crippen LogP contribution in [0.2, 0.25) is 0 Å². The number of fused-ring (bicyclic) bond motifs is 3. The molecule has 0 radical (unpaired) electrons. The minimum atomic E-state index is -0.950. The van der Waals surface area contributed by atoms with Crippen LogP contribution in [0.3, 0.4) is 0 Å². The van der Waals surface area contributed by atoms with Crippen molar-refractivity contribution in [2.24, 2.45) is 7.05 Å². The molecule has 13 heteroatoms. The van der Waals surface area contributed by atoms with E-state index >= 15 is 8.78 Å². The molecule has 4 aromatic heterocycles. The van der Waals surface area contributed by atoms with Gasteiger partial charge >= 0.3 is 0 Å². The van der Waals surface area contributed by atoms with Crippen LogP contribution >= 0.6 is 11.3 Å². The summed E-state index contributed by atoms with van der Waals surface area (Å²) in [6, 6.07) is 8.72. The van der Waals surface area contributed by atoms with E-state index < -0.39 is 17.5 Å². The molecular formula is C36H33F3N6O3S. The van der Waals surface area contributed by atoms with Gasteiger partial charge in [-0.2, -0.15) is 5.10 Å². The largest absolute Gasteiger partial charge is 0.490 e. The number of hydrogen-bond acceptors (Lipinski definition) is 7. The molecule has 0 saturated heterocycles. The monoisotopic (exact) mass is 686 g/mol. The zero-order valence-corrected chi connectivity index (χ0v) is 28.4. The Kier molecular flexibility index (Phi) is 8.27. The first-order chi connectivity index (χ1) is 23.5. The second kappa shape index (κ2) is 12.5. The van der Waals surface area contributed by atoms with Gasteiger partial charge in [0.15, 0.2) is 0 Å². The first-order valence-electron chi connectivity index (χ1n) is 15.7. The summed E-state index contributed by atoms with van der Waals surface area (Å²) in [5.74, 6) is -1.93. The number of nitrogens with zero attached hydrogens (tertiary/aromatic N) is 6. The third-order valence-corrected chi connectivity index (χ3v) is 10.1. The zero-order valence-electron chi connectivity index (χ0n) is 27.6. The number of methoxy groups -OCH3 is 1. The number of benzene rings is 2. The van der Waals surface area contributed by atoms with Crippen molar-refractivity contribution in [3.05, 3.63) is 83.4 Å². The Balaban J connectivity index is 1.54. The molecule has 0 spiro atoms. The number of carbonyl (C=O) groups excluding carboxylic acids is 1. The maximum Gasteiger partial charge on any atom is 0.246 e. The van der Waals surface area contributed by atoms with E-state index in [9.17, 15) is 9.18 Å². The summed E-state index contributed by atoms with van der Waals surface area (Å²) in [4.78, 5) is 24.3. The van der Waals surface area contributed by atoms with Gasteiger partial charge in [-0.3, -0.25) is 9.48 Å². The highest BCUT2D eigenvalue weighted by Crippen LogP contribution is 2.48. The highest BCUT2D eigenvalue weighted by Gasteiger charge is 2.35. The lowest BCUT2D eigenvalue weighted by Crippen LogP contribution is -2.46. The van der Waals surface area contributed by atoms with Gasteiger partial charge in [0, 0.05) is 54.2 Å². The Labute approximate surface area is 284 Å². The molecule has 0 saturated carbocycles. The van der Waals surface area contributed by atoms with Gasteiger partial charge in [0.05, 0.1) is 51.9 Å². The minimum absolute atomic E-state index is 0.00660. The topological polar surface area (TPSA) is 87.3 Å². The van der Waals surface area contributed by atoms with E-state index in [4.69, 9.17) is 19.6 Å². The molecule has 252 valence electrons. The number of halogens is 3. The van der Waals surface area contributed by atoms with Gasteiger partial charge in [-0.25, -0.2) is 23.1 Å². The Morgan fingerprint density at radius 3 is 2.61 bits per heavy atom. The highest BCUT2D eigenvalue weighted by atomic mass is 32.1. The third-order valence-electron chi connectivity index (χ3n) is 9.10. The average molecular weight is 687 g/mol. The number of rotatable bonds is 8. The van der Waals surface area contributed by atoms with E-state index in [0.29, 0.717) is 33.9 Å². The van der Waals surface area contributed by atoms with Gasteiger partial charge in [0.1, 0.15) is 47.0 Å². The number of aromatic nitrogens is 5. The van der Waals surface area contributed by atoms with Gasteiger partial charge in [0.2, 0.25) is 5.91 Å². The third kappa shape index (κ3) is 5.37. The Hall–Kier alpha value is -5.01. The number of thiophene rings is 1. The quantitative estimate of drug-likeness (QED) is 0.121. The van der Waals surface area contributed by atoms with Gasteiger partial charge in [0.25, 0.3) is 0 Å².